The highest BCUT2D eigenvalue weighted by atomic mass is 35.5. The molecule has 0 saturated carbocycles. The van der Waals surface area contributed by atoms with Crippen molar-refractivity contribution < 1.29 is 4.79 Å². The Hall–Kier alpha value is -0.390. The summed E-state index contributed by atoms with van der Waals surface area (Å²) in [5.74, 6) is 2.06. The second-order valence-electron chi connectivity index (χ2n) is 2.26. The van der Waals surface area contributed by atoms with E-state index in [2.05, 4.69) is 5.92 Å². The van der Waals surface area contributed by atoms with Gasteiger partial charge in [-0.15, -0.1) is 6.42 Å². The van der Waals surface area contributed by atoms with E-state index in [1.807, 2.05) is 6.92 Å². The third-order valence-electron chi connectivity index (χ3n) is 1.27. The Kier molecular flexibility index (Phi) is 5.96. The molecular formula is C8H11Cl2NO. The highest BCUT2D eigenvalue weighted by Gasteiger charge is 2.18. The molecule has 0 spiro atoms. The van der Waals surface area contributed by atoms with Crippen molar-refractivity contribution in [1.82, 2.24) is 4.90 Å². The van der Waals surface area contributed by atoms with Crippen LogP contribution in [0.15, 0.2) is 0 Å². The number of hydrogen-bond donors (Lipinski definition) is 0. The smallest absolute Gasteiger partial charge is 0.256 e. The van der Waals surface area contributed by atoms with Crippen molar-refractivity contribution in [3.05, 3.63) is 0 Å². The van der Waals surface area contributed by atoms with Gasteiger partial charge in [-0.25, -0.2) is 0 Å². The van der Waals surface area contributed by atoms with Gasteiger partial charge in [0, 0.05) is 6.54 Å². The van der Waals surface area contributed by atoms with E-state index in [1.165, 1.54) is 4.90 Å². The molecule has 0 rings (SSSR count). The largest absolute Gasteiger partial charge is 0.329 e. The van der Waals surface area contributed by atoms with E-state index in [-0.39, 0.29) is 12.5 Å². The second-order valence-corrected chi connectivity index (χ2v) is 3.36. The van der Waals surface area contributed by atoms with Crippen LogP contribution < -0.4 is 0 Å². The van der Waals surface area contributed by atoms with Crippen LogP contribution in [0.3, 0.4) is 0 Å². The van der Waals surface area contributed by atoms with Crippen LogP contribution in [0.25, 0.3) is 0 Å². The number of carbonyl (C=O) groups is 1. The third-order valence-corrected chi connectivity index (χ3v) is 1.65. The molecule has 0 aliphatic rings. The lowest BCUT2D eigenvalue weighted by Crippen LogP contribution is -2.35. The van der Waals surface area contributed by atoms with Crippen LogP contribution in [0.5, 0.6) is 0 Å². The van der Waals surface area contributed by atoms with E-state index < -0.39 is 4.84 Å². The first-order valence-corrected chi connectivity index (χ1v) is 4.51. The number of terminal acetylenes is 1. The molecule has 0 fully saturated rings. The van der Waals surface area contributed by atoms with Gasteiger partial charge in [0.1, 0.15) is 0 Å². The van der Waals surface area contributed by atoms with Crippen LogP contribution >= 0.6 is 23.2 Å². The van der Waals surface area contributed by atoms with E-state index in [0.29, 0.717) is 6.54 Å². The number of alkyl halides is 2. The van der Waals surface area contributed by atoms with Gasteiger partial charge in [0.25, 0.3) is 5.91 Å². The summed E-state index contributed by atoms with van der Waals surface area (Å²) in [7, 11) is 0. The van der Waals surface area contributed by atoms with Gasteiger partial charge < -0.3 is 4.90 Å². The van der Waals surface area contributed by atoms with Gasteiger partial charge in [0.15, 0.2) is 4.84 Å². The van der Waals surface area contributed by atoms with Crippen molar-refractivity contribution in [3.8, 4) is 12.3 Å². The highest BCUT2D eigenvalue weighted by molar-refractivity contribution is 6.53. The van der Waals surface area contributed by atoms with Gasteiger partial charge in [-0.3, -0.25) is 4.79 Å². The Balaban J connectivity index is 4.11. The van der Waals surface area contributed by atoms with Crippen LogP contribution in [-0.4, -0.2) is 28.7 Å². The predicted octanol–water partition coefficient (Wildman–Crippen LogP) is 1.66. The van der Waals surface area contributed by atoms with Gasteiger partial charge >= 0.3 is 0 Å². The Morgan fingerprint density at radius 2 is 2.25 bits per heavy atom. The maximum Gasteiger partial charge on any atom is 0.256 e. The van der Waals surface area contributed by atoms with Crippen molar-refractivity contribution in [2.45, 2.75) is 18.2 Å². The van der Waals surface area contributed by atoms with Gasteiger partial charge in [-0.2, -0.15) is 0 Å². The van der Waals surface area contributed by atoms with Crippen LogP contribution in [-0.2, 0) is 4.79 Å². The third kappa shape index (κ3) is 3.85. The molecular weight excluding hydrogens is 197 g/mol. The van der Waals surface area contributed by atoms with E-state index in [1.54, 1.807) is 0 Å². The van der Waals surface area contributed by atoms with E-state index >= 15 is 0 Å². The fourth-order valence-corrected chi connectivity index (χ4v) is 1.06. The minimum absolute atomic E-state index is 0.266. The van der Waals surface area contributed by atoms with Crippen LogP contribution in [0.4, 0.5) is 0 Å². The summed E-state index contributed by atoms with van der Waals surface area (Å²) in [6.45, 7) is 2.82. The Morgan fingerprint density at radius 3 is 2.58 bits per heavy atom. The van der Waals surface area contributed by atoms with Crippen molar-refractivity contribution in [1.29, 1.82) is 0 Å². The van der Waals surface area contributed by atoms with Crippen molar-refractivity contribution in [3.63, 3.8) is 0 Å². The number of hydrogen-bond acceptors (Lipinski definition) is 1. The van der Waals surface area contributed by atoms with Crippen molar-refractivity contribution >= 4 is 29.1 Å². The van der Waals surface area contributed by atoms with E-state index in [9.17, 15) is 4.79 Å². The quantitative estimate of drug-likeness (QED) is 0.508. The first-order valence-electron chi connectivity index (χ1n) is 3.63. The van der Waals surface area contributed by atoms with Crippen LogP contribution in [0.2, 0.25) is 0 Å². The molecule has 0 N–H and O–H groups in total. The van der Waals surface area contributed by atoms with Gasteiger partial charge in [-0.1, -0.05) is 36.0 Å². The van der Waals surface area contributed by atoms with Gasteiger partial charge in [0.05, 0.1) is 6.54 Å². The lowest BCUT2D eigenvalue weighted by Gasteiger charge is -2.19. The maximum absolute atomic E-state index is 11.2. The van der Waals surface area contributed by atoms with E-state index in [4.69, 9.17) is 29.6 Å². The zero-order valence-corrected chi connectivity index (χ0v) is 8.40. The molecule has 68 valence electrons. The Labute approximate surface area is 82.8 Å². The SMILES string of the molecule is C#CCN(CCC)C(=O)C(Cl)Cl. The number of amides is 1. The normalized spacial score (nSPS) is 9.58. The highest BCUT2D eigenvalue weighted by Crippen LogP contribution is 2.06. The summed E-state index contributed by atoms with van der Waals surface area (Å²) in [5.41, 5.74) is 0. The first-order chi connectivity index (χ1) is 5.63. The monoisotopic (exact) mass is 207 g/mol. The minimum atomic E-state index is -1.01. The fourth-order valence-electron chi connectivity index (χ4n) is 0.785. The van der Waals surface area contributed by atoms with Gasteiger partial charge in [0.2, 0.25) is 0 Å². The molecule has 0 heterocycles. The average molecular weight is 208 g/mol. The molecule has 1 amide bonds. The molecule has 0 aromatic heterocycles. The molecule has 4 heteroatoms. The molecule has 0 atom stereocenters. The molecule has 0 bridgehead atoms. The summed E-state index contributed by atoms with van der Waals surface area (Å²) in [6.07, 6.45) is 5.91. The summed E-state index contributed by atoms with van der Waals surface area (Å²) < 4.78 is 0. The predicted molar refractivity (Wildman–Crippen MR) is 51.2 cm³/mol. The number of nitrogens with zero attached hydrogens (tertiary/aromatic N) is 1. The first kappa shape index (κ1) is 11.6. The molecule has 2 nitrogen and oxygen atoms in total. The van der Waals surface area contributed by atoms with Crippen LogP contribution in [0.1, 0.15) is 13.3 Å². The Morgan fingerprint density at radius 1 is 1.67 bits per heavy atom. The molecule has 0 aromatic rings. The topological polar surface area (TPSA) is 20.3 Å². The summed E-state index contributed by atoms with van der Waals surface area (Å²) in [6, 6.07) is 0. The lowest BCUT2D eigenvalue weighted by atomic mass is 10.4. The second kappa shape index (κ2) is 6.16. The number of rotatable bonds is 4. The van der Waals surface area contributed by atoms with Crippen molar-refractivity contribution in [2.24, 2.45) is 0 Å². The van der Waals surface area contributed by atoms with Crippen molar-refractivity contribution in [2.75, 3.05) is 13.1 Å². The Bertz CT molecular complexity index is 186. The molecule has 12 heavy (non-hydrogen) atoms. The molecule has 0 saturated heterocycles. The maximum atomic E-state index is 11.2. The average Bonchev–Trinajstić information content (AvgIpc) is 2.03. The zero-order valence-electron chi connectivity index (χ0n) is 6.89. The standard InChI is InChI=1S/C8H11Cl2NO/c1-3-5-11(6-4-2)8(12)7(9)10/h1,7H,4-6H2,2H3. The molecule has 0 unspecified atom stereocenters. The number of halogens is 2. The van der Waals surface area contributed by atoms with Crippen LogP contribution in [0, 0.1) is 12.3 Å². The summed E-state index contributed by atoms with van der Waals surface area (Å²) >= 11 is 10.8. The molecule has 0 aliphatic heterocycles. The lowest BCUT2D eigenvalue weighted by molar-refractivity contribution is -0.128. The fraction of sp³-hybridized carbons (Fsp3) is 0.625. The molecule has 0 aliphatic carbocycles. The number of carbonyl (C=O) groups excluding carboxylic acids is 1. The van der Waals surface area contributed by atoms with E-state index in [0.717, 1.165) is 6.42 Å². The molecule has 0 radical (unpaired) electrons. The summed E-state index contributed by atoms with van der Waals surface area (Å²) in [5, 5.41) is 0. The minimum Gasteiger partial charge on any atom is -0.329 e. The van der Waals surface area contributed by atoms with Gasteiger partial charge in [-0.05, 0) is 6.42 Å². The summed E-state index contributed by atoms with van der Waals surface area (Å²) in [4.78, 5) is 11.6. The zero-order chi connectivity index (χ0) is 9.56. The molecule has 0 aromatic carbocycles.